The summed E-state index contributed by atoms with van der Waals surface area (Å²) in [5.41, 5.74) is 1.03. The average Bonchev–Trinajstić information content (AvgIpc) is 2.95. The number of hydrogen-bond acceptors (Lipinski definition) is 2. The lowest BCUT2D eigenvalue weighted by Crippen LogP contribution is -2.20. The third kappa shape index (κ3) is 1.73. The summed E-state index contributed by atoms with van der Waals surface area (Å²) in [7, 11) is 0. The van der Waals surface area contributed by atoms with Crippen molar-refractivity contribution in [3.05, 3.63) is 35.8 Å². The van der Waals surface area contributed by atoms with Crippen LogP contribution < -0.4 is 0 Å². The van der Waals surface area contributed by atoms with Gasteiger partial charge in [-0.1, -0.05) is 6.07 Å². The smallest absolute Gasteiger partial charge is 0.193 e. The first-order valence-electron chi connectivity index (χ1n) is 6.12. The van der Waals surface area contributed by atoms with E-state index in [9.17, 15) is 9.18 Å². The second-order valence-corrected chi connectivity index (χ2v) is 4.74. The van der Waals surface area contributed by atoms with Crippen molar-refractivity contribution in [3.63, 3.8) is 0 Å². The topological polar surface area (TPSA) is 42.1 Å². The number of ether oxygens (including phenoxy) is 1. The van der Waals surface area contributed by atoms with Crippen LogP contribution in [0, 0.1) is 5.82 Å². The predicted molar refractivity (Wildman–Crippen MR) is 66.2 cm³/mol. The highest BCUT2D eigenvalue weighted by atomic mass is 19.1. The number of carbonyl (C=O) groups is 1. The molecular weight excluding hydrogens is 233 g/mol. The quantitative estimate of drug-likeness (QED) is 0.829. The highest BCUT2D eigenvalue weighted by Crippen LogP contribution is 2.27. The van der Waals surface area contributed by atoms with E-state index in [0.717, 1.165) is 6.42 Å². The lowest BCUT2D eigenvalue weighted by Gasteiger charge is -2.09. The number of carbonyl (C=O) groups excluding carboxylic acids is 1. The molecule has 94 valence electrons. The molecule has 0 radical (unpaired) electrons. The van der Waals surface area contributed by atoms with Crippen molar-refractivity contribution in [1.82, 2.24) is 4.98 Å². The van der Waals surface area contributed by atoms with Crippen molar-refractivity contribution in [2.45, 2.75) is 32.0 Å². The summed E-state index contributed by atoms with van der Waals surface area (Å²) in [6.07, 6.45) is 2.83. The maximum atomic E-state index is 13.8. The van der Waals surface area contributed by atoms with Gasteiger partial charge in [0.05, 0.1) is 6.10 Å². The highest BCUT2D eigenvalue weighted by Gasteiger charge is 2.30. The fraction of sp³-hybridized carbons (Fsp3) is 0.357. The molecule has 1 aromatic heterocycles. The van der Waals surface area contributed by atoms with Crippen LogP contribution in [0.15, 0.2) is 24.4 Å². The summed E-state index contributed by atoms with van der Waals surface area (Å²) >= 11 is 0. The number of aromatic amines is 1. The number of Topliss-reactive ketones (excluding diaryl/α,β-unsaturated/α-hetero) is 1. The maximum Gasteiger partial charge on any atom is 0.193 e. The van der Waals surface area contributed by atoms with Crippen LogP contribution in [-0.4, -0.2) is 23.0 Å². The van der Waals surface area contributed by atoms with Gasteiger partial charge in [-0.2, -0.15) is 0 Å². The summed E-state index contributed by atoms with van der Waals surface area (Å²) in [6, 6.07) is 4.75. The van der Waals surface area contributed by atoms with E-state index < -0.39 is 6.10 Å². The van der Waals surface area contributed by atoms with Gasteiger partial charge in [-0.05, 0) is 31.9 Å². The van der Waals surface area contributed by atoms with Gasteiger partial charge >= 0.3 is 0 Å². The molecule has 1 aliphatic rings. The molecule has 0 spiro atoms. The van der Waals surface area contributed by atoms with Crippen molar-refractivity contribution in [2.75, 3.05) is 0 Å². The molecule has 4 heteroatoms. The largest absolute Gasteiger partial charge is 0.367 e. The molecule has 0 saturated carbocycles. The molecule has 1 aromatic carbocycles. The Labute approximate surface area is 104 Å². The third-order valence-electron chi connectivity index (χ3n) is 3.44. The minimum Gasteiger partial charge on any atom is -0.367 e. The van der Waals surface area contributed by atoms with Gasteiger partial charge in [0.2, 0.25) is 0 Å². The Bertz CT molecular complexity index is 605. The Balaban J connectivity index is 2.02. The SMILES string of the molecule is CC1CCC(C(=O)c2c[nH]c3cccc(F)c23)O1. The number of aromatic nitrogens is 1. The molecule has 3 nitrogen and oxygen atoms in total. The molecule has 1 fully saturated rings. The van der Waals surface area contributed by atoms with E-state index in [1.165, 1.54) is 6.07 Å². The number of benzene rings is 1. The van der Waals surface area contributed by atoms with Gasteiger partial charge in [-0.15, -0.1) is 0 Å². The second kappa shape index (κ2) is 4.21. The molecule has 1 aliphatic heterocycles. The third-order valence-corrected chi connectivity index (χ3v) is 3.44. The normalized spacial score (nSPS) is 23.7. The first-order valence-corrected chi connectivity index (χ1v) is 6.12. The summed E-state index contributed by atoms with van der Waals surface area (Å²) in [6.45, 7) is 1.95. The van der Waals surface area contributed by atoms with Crippen molar-refractivity contribution in [1.29, 1.82) is 0 Å². The van der Waals surface area contributed by atoms with Crippen LogP contribution >= 0.6 is 0 Å². The molecule has 0 amide bonds. The van der Waals surface area contributed by atoms with Crippen LogP contribution in [0.4, 0.5) is 4.39 Å². The number of H-pyrrole nitrogens is 1. The van der Waals surface area contributed by atoms with Crippen LogP contribution in [0.3, 0.4) is 0 Å². The molecule has 2 atom stereocenters. The molecule has 1 N–H and O–H groups in total. The zero-order valence-electron chi connectivity index (χ0n) is 10.1. The van der Waals surface area contributed by atoms with E-state index in [1.54, 1.807) is 18.3 Å². The minimum atomic E-state index is -0.432. The van der Waals surface area contributed by atoms with E-state index in [2.05, 4.69) is 4.98 Å². The van der Waals surface area contributed by atoms with Gasteiger partial charge < -0.3 is 9.72 Å². The molecule has 0 aliphatic carbocycles. The first-order chi connectivity index (χ1) is 8.66. The van der Waals surface area contributed by atoms with Crippen molar-refractivity contribution in [3.8, 4) is 0 Å². The van der Waals surface area contributed by atoms with Gasteiger partial charge in [-0.25, -0.2) is 4.39 Å². The summed E-state index contributed by atoms with van der Waals surface area (Å²) in [4.78, 5) is 15.2. The molecule has 2 aromatic rings. The van der Waals surface area contributed by atoms with Crippen LogP contribution in [0.25, 0.3) is 10.9 Å². The Morgan fingerprint density at radius 2 is 2.28 bits per heavy atom. The van der Waals surface area contributed by atoms with Crippen LogP contribution in [0.5, 0.6) is 0 Å². The number of ketones is 1. The molecule has 18 heavy (non-hydrogen) atoms. The zero-order valence-corrected chi connectivity index (χ0v) is 10.1. The summed E-state index contributed by atoms with van der Waals surface area (Å²) < 4.78 is 19.3. The standard InChI is InChI=1S/C14H14FNO2/c1-8-5-6-12(18-8)14(17)9-7-16-11-4-2-3-10(15)13(9)11/h2-4,7-8,12,16H,5-6H2,1H3. The lowest BCUT2D eigenvalue weighted by molar-refractivity contribution is 0.0434. The van der Waals surface area contributed by atoms with Crippen LogP contribution in [0.1, 0.15) is 30.1 Å². The fourth-order valence-electron chi connectivity index (χ4n) is 2.50. The molecule has 0 bridgehead atoms. The van der Waals surface area contributed by atoms with Crippen LogP contribution in [0.2, 0.25) is 0 Å². The fourth-order valence-corrected chi connectivity index (χ4v) is 2.50. The predicted octanol–water partition coefficient (Wildman–Crippen LogP) is 3.06. The van der Waals surface area contributed by atoms with Gasteiger partial charge in [-0.3, -0.25) is 4.79 Å². The molecule has 2 unspecified atom stereocenters. The Morgan fingerprint density at radius 3 is 3.00 bits per heavy atom. The van der Waals surface area contributed by atoms with E-state index >= 15 is 0 Å². The van der Waals surface area contributed by atoms with Gasteiger partial charge in [0.1, 0.15) is 11.9 Å². The maximum absolute atomic E-state index is 13.8. The van der Waals surface area contributed by atoms with Crippen molar-refractivity contribution >= 4 is 16.7 Å². The van der Waals surface area contributed by atoms with Gasteiger partial charge in [0, 0.05) is 22.7 Å². The monoisotopic (exact) mass is 247 g/mol. The number of fused-ring (bicyclic) bond motifs is 1. The average molecular weight is 247 g/mol. The number of halogens is 1. The lowest BCUT2D eigenvalue weighted by atomic mass is 10.0. The first kappa shape index (κ1) is 11.4. The van der Waals surface area contributed by atoms with E-state index in [0.29, 0.717) is 22.9 Å². The zero-order chi connectivity index (χ0) is 12.7. The van der Waals surface area contributed by atoms with Crippen molar-refractivity contribution in [2.24, 2.45) is 0 Å². The number of hydrogen-bond donors (Lipinski definition) is 1. The number of nitrogens with one attached hydrogen (secondary N) is 1. The molecule has 3 rings (SSSR count). The Morgan fingerprint density at radius 1 is 1.44 bits per heavy atom. The van der Waals surface area contributed by atoms with Crippen LogP contribution in [-0.2, 0) is 4.74 Å². The van der Waals surface area contributed by atoms with Gasteiger partial charge in [0.15, 0.2) is 5.78 Å². The van der Waals surface area contributed by atoms with E-state index in [1.807, 2.05) is 6.92 Å². The summed E-state index contributed by atoms with van der Waals surface area (Å²) in [5.74, 6) is -0.501. The Hall–Kier alpha value is -1.68. The molecule has 1 saturated heterocycles. The summed E-state index contributed by atoms with van der Waals surface area (Å²) in [5, 5.41) is 0.366. The second-order valence-electron chi connectivity index (χ2n) is 4.74. The highest BCUT2D eigenvalue weighted by molar-refractivity contribution is 6.10. The Kier molecular flexibility index (Phi) is 2.67. The van der Waals surface area contributed by atoms with E-state index in [4.69, 9.17) is 4.74 Å². The minimum absolute atomic E-state index is 0.106. The van der Waals surface area contributed by atoms with Crippen molar-refractivity contribution < 1.29 is 13.9 Å². The van der Waals surface area contributed by atoms with Gasteiger partial charge in [0.25, 0.3) is 0 Å². The van der Waals surface area contributed by atoms with E-state index in [-0.39, 0.29) is 17.7 Å². The molecular formula is C14H14FNO2. The number of rotatable bonds is 2. The molecule has 2 heterocycles.